The number of nitrogens with zero attached hydrogens (tertiary/aromatic N) is 1. The van der Waals surface area contributed by atoms with Crippen molar-refractivity contribution in [1.29, 1.82) is 0 Å². The molecule has 3 heteroatoms. The first kappa shape index (κ1) is 11.1. The fourth-order valence-corrected chi connectivity index (χ4v) is 2.94. The number of hydrogen-bond donors (Lipinski definition) is 1. The molecule has 0 spiro atoms. The molecule has 15 heavy (non-hydrogen) atoms. The van der Waals surface area contributed by atoms with Crippen LogP contribution < -0.4 is 0 Å². The van der Waals surface area contributed by atoms with Crippen LogP contribution in [0.4, 0.5) is 0 Å². The SMILES string of the molecule is O=CC1CCCCN1CC1(O)CCCC1. The fourth-order valence-electron chi connectivity index (χ4n) is 2.94. The first-order valence-electron chi connectivity index (χ1n) is 6.15. The minimum absolute atomic E-state index is 0.0587. The molecule has 0 radical (unpaired) electrons. The Balaban J connectivity index is 1.93. The van der Waals surface area contributed by atoms with Gasteiger partial charge in [-0.2, -0.15) is 0 Å². The maximum absolute atomic E-state index is 10.9. The second-order valence-electron chi connectivity index (χ2n) is 5.10. The van der Waals surface area contributed by atoms with E-state index in [2.05, 4.69) is 4.90 Å². The van der Waals surface area contributed by atoms with E-state index in [1.807, 2.05) is 0 Å². The minimum atomic E-state index is -0.501. The molecule has 0 bridgehead atoms. The predicted octanol–water partition coefficient (Wildman–Crippen LogP) is 1.34. The van der Waals surface area contributed by atoms with Crippen LogP contribution in [0.5, 0.6) is 0 Å². The summed E-state index contributed by atoms with van der Waals surface area (Å²) >= 11 is 0. The van der Waals surface area contributed by atoms with Gasteiger partial charge in [0.15, 0.2) is 0 Å². The van der Waals surface area contributed by atoms with Gasteiger partial charge >= 0.3 is 0 Å². The van der Waals surface area contributed by atoms with Gasteiger partial charge in [0.25, 0.3) is 0 Å². The van der Waals surface area contributed by atoms with E-state index in [-0.39, 0.29) is 6.04 Å². The molecule has 1 aliphatic heterocycles. The maximum Gasteiger partial charge on any atom is 0.137 e. The zero-order chi connectivity index (χ0) is 10.7. The molecule has 86 valence electrons. The highest BCUT2D eigenvalue weighted by Gasteiger charge is 2.35. The molecule has 2 fully saturated rings. The van der Waals surface area contributed by atoms with Gasteiger partial charge in [-0.15, -0.1) is 0 Å². The lowest BCUT2D eigenvalue weighted by molar-refractivity contribution is -0.115. The molecule has 1 saturated carbocycles. The lowest BCUT2D eigenvalue weighted by atomic mass is 9.97. The molecule has 0 aromatic carbocycles. The van der Waals surface area contributed by atoms with E-state index >= 15 is 0 Å². The molecule has 0 aromatic heterocycles. The third-order valence-electron chi connectivity index (χ3n) is 3.85. The highest BCUT2D eigenvalue weighted by atomic mass is 16.3. The third kappa shape index (κ3) is 2.58. The normalized spacial score (nSPS) is 31.7. The number of aliphatic hydroxyl groups is 1. The molecule has 1 saturated heterocycles. The molecule has 1 N–H and O–H groups in total. The quantitative estimate of drug-likeness (QED) is 0.716. The smallest absolute Gasteiger partial charge is 0.137 e. The van der Waals surface area contributed by atoms with E-state index < -0.39 is 5.60 Å². The van der Waals surface area contributed by atoms with E-state index in [1.165, 1.54) is 6.42 Å². The summed E-state index contributed by atoms with van der Waals surface area (Å²) in [5.41, 5.74) is -0.501. The van der Waals surface area contributed by atoms with Crippen LogP contribution in [0.25, 0.3) is 0 Å². The van der Waals surface area contributed by atoms with E-state index in [0.29, 0.717) is 6.54 Å². The lowest BCUT2D eigenvalue weighted by Crippen LogP contribution is -2.48. The highest BCUT2D eigenvalue weighted by Crippen LogP contribution is 2.31. The Labute approximate surface area is 91.5 Å². The Bertz CT molecular complexity index is 224. The van der Waals surface area contributed by atoms with Crippen molar-refractivity contribution >= 4 is 6.29 Å². The van der Waals surface area contributed by atoms with Gasteiger partial charge in [-0.3, -0.25) is 4.90 Å². The summed E-state index contributed by atoms with van der Waals surface area (Å²) in [6.07, 6.45) is 8.44. The van der Waals surface area contributed by atoms with Crippen molar-refractivity contribution in [3.05, 3.63) is 0 Å². The second-order valence-corrected chi connectivity index (χ2v) is 5.10. The van der Waals surface area contributed by atoms with Crippen LogP contribution in [0.2, 0.25) is 0 Å². The summed E-state index contributed by atoms with van der Waals surface area (Å²) in [6, 6.07) is 0.0587. The molecule has 1 heterocycles. The maximum atomic E-state index is 10.9. The first-order valence-corrected chi connectivity index (χ1v) is 6.15. The van der Waals surface area contributed by atoms with Crippen molar-refractivity contribution in [2.24, 2.45) is 0 Å². The summed E-state index contributed by atoms with van der Waals surface area (Å²) in [5, 5.41) is 10.3. The van der Waals surface area contributed by atoms with Gasteiger partial charge in [-0.1, -0.05) is 19.3 Å². The van der Waals surface area contributed by atoms with Crippen LogP contribution >= 0.6 is 0 Å². The number of hydrogen-bond acceptors (Lipinski definition) is 3. The third-order valence-corrected chi connectivity index (χ3v) is 3.85. The molecule has 1 atom stereocenters. The average molecular weight is 211 g/mol. The van der Waals surface area contributed by atoms with Crippen molar-refractivity contribution in [2.75, 3.05) is 13.1 Å². The Hall–Kier alpha value is -0.410. The van der Waals surface area contributed by atoms with Crippen LogP contribution in [0.3, 0.4) is 0 Å². The van der Waals surface area contributed by atoms with Gasteiger partial charge in [-0.25, -0.2) is 0 Å². The second kappa shape index (κ2) is 4.62. The molecule has 1 unspecified atom stereocenters. The number of aldehydes is 1. The molecule has 2 aliphatic rings. The van der Waals surface area contributed by atoms with Crippen LogP contribution in [0, 0.1) is 0 Å². The molecule has 1 aliphatic carbocycles. The lowest BCUT2D eigenvalue weighted by Gasteiger charge is -2.37. The Morgan fingerprint density at radius 2 is 2.00 bits per heavy atom. The van der Waals surface area contributed by atoms with E-state index in [9.17, 15) is 9.90 Å². The topological polar surface area (TPSA) is 40.5 Å². The standard InChI is InChI=1S/C12H21NO2/c14-9-11-5-1-4-8-13(11)10-12(15)6-2-3-7-12/h9,11,15H,1-8,10H2. The molecular formula is C12H21NO2. The highest BCUT2D eigenvalue weighted by molar-refractivity contribution is 5.57. The minimum Gasteiger partial charge on any atom is -0.389 e. The van der Waals surface area contributed by atoms with Crippen LogP contribution in [0.15, 0.2) is 0 Å². The van der Waals surface area contributed by atoms with Crippen molar-refractivity contribution in [2.45, 2.75) is 56.6 Å². The van der Waals surface area contributed by atoms with Gasteiger partial charge in [0.05, 0.1) is 11.6 Å². The van der Waals surface area contributed by atoms with Crippen molar-refractivity contribution < 1.29 is 9.90 Å². The monoisotopic (exact) mass is 211 g/mol. The number of carbonyl (C=O) groups excluding carboxylic acids is 1. The Morgan fingerprint density at radius 1 is 1.27 bits per heavy atom. The van der Waals surface area contributed by atoms with Gasteiger partial charge in [-0.05, 0) is 32.2 Å². The molecule has 0 amide bonds. The van der Waals surface area contributed by atoms with Crippen LogP contribution in [-0.4, -0.2) is 41.0 Å². The predicted molar refractivity (Wildman–Crippen MR) is 58.7 cm³/mol. The number of β-amino-alcohol motifs (C(OH)–C–C–N with tert-alkyl or cyclic N) is 1. The summed E-state index contributed by atoms with van der Waals surface area (Å²) in [6.45, 7) is 1.68. The summed E-state index contributed by atoms with van der Waals surface area (Å²) in [4.78, 5) is 13.1. The molecule has 3 nitrogen and oxygen atoms in total. The van der Waals surface area contributed by atoms with E-state index in [0.717, 1.165) is 51.4 Å². The van der Waals surface area contributed by atoms with E-state index in [4.69, 9.17) is 0 Å². The first-order chi connectivity index (χ1) is 7.23. The average Bonchev–Trinajstić information content (AvgIpc) is 2.66. The van der Waals surface area contributed by atoms with Crippen molar-refractivity contribution in [1.82, 2.24) is 4.90 Å². The number of piperidine rings is 1. The van der Waals surface area contributed by atoms with Crippen LogP contribution in [0.1, 0.15) is 44.9 Å². The van der Waals surface area contributed by atoms with Crippen molar-refractivity contribution in [3.8, 4) is 0 Å². The van der Waals surface area contributed by atoms with Gasteiger partial charge < -0.3 is 9.90 Å². The van der Waals surface area contributed by atoms with Crippen molar-refractivity contribution in [3.63, 3.8) is 0 Å². The summed E-state index contributed by atoms with van der Waals surface area (Å²) < 4.78 is 0. The molecule has 2 rings (SSSR count). The number of likely N-dealkylation sites (tertiary alicyclic amines) is 1. The summed E-state index contributed by atoms with van der Waals surface area (Å²) in [7, 11) is 0. The number of carbonyl (C=O) groups is 1. The van der Waals surface area contributed by atoms with Gasteiger partial charge in [0.1, 0.15) is 6.29 Å². The van der Waals surface area contributed by atoms with E-state index in [1.54, 1.807) is 0 Å². The zero-order valence-electron chi connectivity index (χ0n) is 9.32. The van der Waals surface area contributed by atoms with Gasteiger partial charge in [0.2, 0.25) is 0 Å². The fraction of sp³-hybridized carbons (Fsp3) is 0.917. The Morgan fingerprint density at radius 3 is 2.67 bits per heavy atom. The Kier molecular flexibility index (Phi) is 3.42. The summed E-state index contributed by atoms with van der Waals surface area (Å²) in [5.74, 6) is 0. The zero-order valence-corrected chi connectivity index (χ0v) is 9.32. The van der Waals surface area contributed by atoms with Gasteiger partial charge in [0, 0.05) is 6.54 Å². The molecular weight excluding hydrogens is 190 g/mol. The largest absolute Gasteiger partial charge is 0.389 e. The number of rotatable bonds is 3. The molecule has 0 aromatic rings. The van der Waals surface area contributed by atoms with Crippen LogP contribution in [-0.2, 0) is 4.79 Å².